The number of rotatable bonds is 5. The van der Waals surface area contributed by atoms with Gasteiger partial charge in [-0.3, -0.25) is 4.18 Å². The summed E-state index contributed by atoms with van der Waals surface area (Å²) in [5.41, 5.74) is -0.545. The van der Waals surface area contributed by atoms with E-state index in [9.17, 15) is 13.2 Å². The molecule has 0 radical (unpaired) electrons. The average molecular weight is 267 g/mol. The number of hydrogen-bond donors (Lipinski definition) is 1. The molecule has 0 heterocycles. The molecule has 1 N–H and O–H groups in total. The zero-order valence-electron chi connectivity index (χ0n) is 10.9. The molecule has 7 heteroatoms. The third kappa shape index (κ3) is 11.4. The highest BCUT2D eigenvalue weighted by Crippen LogP contribution is 2.06. The zero-order valence-corrected chi connectivity index (χ0v) is 11.8. The number of nitrogens with one attached hydrogen (secondary N) is 1. The minimum Gasteiger partial charge on any atom is -0.444 e. The number of carbonyl (C=O) groups excluding carboxylic acids is 1. The number of carbonyl (C=O) groups is 1. The highest BCUT2D eigenvalue weighted by atomic mass is 32.2. The van der Waals surface area contributed by atoms with Crippen molar-refractivity contribution in [2.24, 2.45) is 5.92 Å². The molecule has 0 aromatic rings. The van der Waals surface area contributed by atoms with Crippen LogP contribution in [-0.2, 0) is 19.0 Å². The highest BCUT2D eigenvalue weighted by molar-refractivity contribution is 7.85. The lowest BCUT2D eigenvalue weighted by Gasteiger charge is -2.20. The summed E-state index contributed by atoms with van der Waals surface area (Å²) in [7, 11) is -3.43. The quantitative estimate of drug-likeness (QED) is 0.755. The lowest BCUT2D eigenvalue weighted by Crippen LogP contribution is -2.35. The van der Waals surface area contributed by atoms with E-state index in [1.165, 1.54) is 0 Å². The summed E-state index contributed by atoms with van der Waals surface area (Å²) >= 11 is 0. The van der Waals surface area contributed by atoms with Crippen LogP contribution in [0.4, 0.5) is 4.79 Å². The van der Waals surface area contributed by atoms with Crippen molar-refractivity contribution in [3.63, 3.8) is 0 Å². The molecule has 1 atom stereocenters. The smallest absolute Gasteiger partial charge is 0.407 e. The van der Waals surface area contributed by atoms with E-state index in [2.05, 4.69) is 9.50 Å². The molecule has 0 spiro atoms. The van der Waals surface area contributed by atoms with E-state index in [4.69, 9.17) is 4.74 Å². The third-order valence-electron chi connectivity index (χ3n) is 1.56. The summed E-state index contributed by atoms with van der Waals surface area (Å²) in [5.74, 6) is -0.114. The predicted octanol–water partition coefficient (Wildman–Crippen LogP) is 1.12. The molecule has 0 bridgehead atoms. The van der Waals surface area contributed by atoms with Crippen molar-refractivity contribution in [2.45, 2.75) is 33.3 Å². The van der Waals surface area contributed by atoms with Gasteiger partial charge in [0.15, 0.2) is 0 Å². The molecule has 1 amide bonds. The summed E-state index contributed by atoms with van der Waals surface area (Å²) in [6.07, 6.45) is 0.463. The normalized spacial score (nSPS) is 14.2. The maximum absolute atomic E-state index is 11.3. The zero-order chi connectivity index (χ0) is 13.7. The van der Waals surface area contributed by atoms with Crippen molar-refractivity contribution in [1.82, 2.24) is 5.32 Å². The minimum atomic E-state index is -3.43. The second-order valence-electron chi connectivity index (χ2n) is 4.98. The molecule has 0 aromatic heterocycles. The van der Waals surface area contributed by atoms with Gasteiger partial charge in [0.2, 0.25) is 0 Å². The largest absolute Gasteiger partial charge is 0.444 e. The topological polar surface area (TPSA) is 81.7 Å². The maximum atomic E-state index is 11.3. The van der Waals surface area contributed by atoms with Gasteiger partial charge in [-0.15, -0.1) is 0 Å². The highest BCUT2D eigenvalue weighted by Gasteiger charge is 2.16. The van der Waals surface area contributed by atoms with Crippen molar-refractivity contribution in [1.29, 1.82) is 0 Å². The summed E-state index contributed by atoms with van der Waals surface area (Å²) in [5, 5.41) is 2.54. The van der Waals surface area contributed by atoms with Gasteiger partial charge < -0.3 is 10.1 Å². The van der Waals surface area contributed by atoms with Gasteiger partial charge in [-0.05, 0) is 26.7 Å². The van der Waals surface area contributed by atoms with Gasteiger partial charge in [0.25, 0.3) is 10.1 Å². The van der Waals surface area contributed by atoms with E-state index in [1.807, 2.05) is 0 Å². The number of amides is 1. The number of hydrogen-bond acceptors (Lipinski definition) is 5. The summed E-state index contributed by atoms with van der Waals surface area (Å²) in [6, 6.07) is 0. The third-order valence-corrected chi connectivity index (χ3v) is 2.12. The number of ether oxygens (including phenoxy) is 1. The molecule has 0 fully saturated rings. The number of alkyl carbamates (subject to hydrolysis) is 1. The summed E-state index contributed by atoms with van der Waals surface area (Å²) in [4.78, 5) is 11.3. The lowest BCUT2D eigenvalue weighted by atomic mass is 10.2. The molecule has 0 aliphatic heterocycles. The SMILES string of the molecule is CC(CNC(=O)OC(C)(C)C)COS(C)(=O)=O. The van der Waals surface area contributed by atoms with Crippen LogP contribution in [0.5, 0.6) is 0 Å². The summed E-state index contributed by atoms with van der Waals surface area (Å²) in [6.45, 7) is 7.40. The first kappa shape index (κ1) is 16.2. The van der Waals surface area contributed by atoms with Gasteiger partial charge in [-0.1, -0.05) is 6.92 Å². The monoisotopic (exact) mass is 267 g/mol. The molecular formula is C10H21NO5S. The molecule has 0 aromatic carbocycles. The Morgan fingerprint density at radius 2 is 1.88 bits per heavy atom. The molecule has 17 heavy (non-hydrogen) atoms. The molecule has 0 saturated carbocycles. The molecule has 0 aliphatic carbocycles. The van der Waals surface area contributed by atoms with Crippen LogP contribution in [0.15, 0.2) is 0 Å². The molecule has 102 valence electrons. The predicted molar refractivity (Wildman–Crippen MR) is 64.2 cm³/mol. The van der Waals surface area contributed by atoms with Crippen LogP contribution < -0.4 is 5.32 Å². The maximum Gasteiger partial charge on any atom is 0.407 e. The van der Waals surface area contributed by atoms with Crippen molar-refractivity contribution in [2.75, 3.05) is 19.4 Å². The standard InChI is InChI=1S/C10H21NO5S/c1-8(7-15-17(5,13)14)6-11-9(12)16-10(2,3)4/h8H,6-7H2,1-5H3,(H,11,12). The molecule has 0 rings (SSSR count). The fourth-order valence-corrected chi connectivity index (χ4v) is 1.35. The van der Waals surface area contributed by atoms with Crippen LogP contribution in [0.3, 0.4) is 0 Å². The van der Waals surface area contributed by atoms with Gasteiger partial charge >= 0.3 is 6.09 Å². The lowest BCUT2D eigenvalue weighted by molar-refractivity contribution is 0.0517. The Morgan fingerprint density at radius 1 is 1.35 bits per heavy atom. The van der Waals surface area contributed by atoms with E-state index in [0.717, 1.165) is 6.26 Å². The van der Waals surface area contributed by atoms with Gasteiger partial charge in [0.05, 0.1) is 12.9 Å². The van der Waals surface area contributed by atoms with Crippen molar-refractivity contribution < 1.29 is 22.1 Å². The van der Waals surface area contributed by atoms with E-state index < -0.39 is 21.8 Å². The van der Waals surface area contributed by atoms with E-state index in [1.54, 1.807) is 27.7 Å². The minimum absolute atomic E-state index is 0.0363. The van der Waals surface area contributed by atoms with Crippen LogP contribution in [0.1, 0.15) is 27.7 Å². The first-order valence-corrected chi connectivity index (χ1v) is 7.12. The fraction of sp³-hybridized carbons (Fsp3) is 0.900. The van der Waals surface area contributed by atoms with Crippen LogP contribution in [0.2, 0.25) is 0 Å². The Kier molecular flexibility index (Phi) is 5.91. The van der Waals surface area contributed by atoms with E-state index in [-0.39, 0.29) is 12.5 Å². The van der Waals surface area contributed by atoms with Gasteiger partial charge in [0.1, 0.15) is 5.60 Å². The van der Waals surface area contributed by atoms with Crippen LogP contribution in [0.25, 0.3) is 0 Å². The first-order chi connectivity index (χ1) is 7.49. The molecular weight excluding hydrogens is 246 g/mol. The molecule has 1 unspecified atom stereocenters. The van der Waals surface area contributed by atoms with Crippen molar-refractivity contribution in [3.8, 4) is 0 Å². The van der Waals surface area contributed by atoms with Gasteiger partial charge in [-0.25, -0.2) is 4.79 Å². The molecule has 0 saturated heterocycles. The van der Waals surface area contributed by atoms with Gasteiger partial charge in [-0.2, -0.15) is 8.42 Å². The van der Waals surface area contributed by atoms with Gasteiger partial charge in [0, 0.05) is 6.54 Å². The van der Waals surface area contributed by atoms with E-state index in [0.29, 0.717) is 6.54 Å². The second kappa shape index (κ2) is 6.20. The van der Waals surface area contributed by atoms with Crippen molar-refractivity contribution >= 4 is 16.2 Å². The first-order valence-electron chi connectivity index (χ1n) is 5.31. The Morgan fingerprint density at radius 3 is 2.29 bits per heavy atom. The van der Waals surface area contributed by atoms with Crippen LogP contribution in [0, 0.1) is 5.92 Å². The second-order valence-corrected chi connectivity index (χ2v) is 6.62. The Bertz CT molecular complexity index is 344. The molecule has 0 aliphatic rings. The van der Waals surface area contributed by atoms with Crippen LogP contribution >= 0.6 is 0 Å². The Hall–Kier alpha value is -0.820. The average Bonchev–Trinajstić information content (AvgIpc) is 2.07. The molecule has 6 nitrogen and oxygen atoms in total. The fourth-order valence-electron chi connectivity index (χ4n) is 0.870. The van der Waals surface area contributed by atoms with Crippen molar-refractivity contribution in [3.05, 3.63) is 0 Å². The Labute approximate surface area is 103 Å². The van der Waals surface area contributed by atoms with Crippen LogP contribution in [-0.4, -0.2) is 39.5 Å². The Balaban J connectivity index is 3.85. The van der Waals surface area contributed by atoms with E-state index >= 15 is 0 Å². The summed E-state index contributed by atoms with van der Waals surface area (Å²) < 4.78 is 31.1.